The van der Waals surface area contributed by atoms with E-state index in [2.05, 4.69) is 37.9 Å². The number of aromatic hydroxyl groups is 3. The van der Waals surface area contributed by atoms with Crippen molar-refractivity contribution in [2.24, 2.45) is 0 Å². The van der Waals surface area contributed by atoms with Gasteiger partial charge < -0.3 is 15.3 Å². The molecule has 4 rings (SSSR count). The molecule has 138 valence electrons. The highest BCUT2D eigenvalue weighted by atomic mass is 32.1. The van der Waals surface area contributed by atoms with Gasteiger partial charge in [-0.15, -0.1) is 37.9 Å². The van der Waals surface area contributed by atoms with Gasteiger partial charge in [0.05, 0.1) is 0 Å². The summed E-state index contributed by atoms with van der Waals surface area (Å²) in [6, 6.07) is 10.8. The van der Waals surface area contributed by atoms with Gasteiger partial charge in [-0.3, -0.25) is 0 Å². The lowest BCUT2D eigenvalue weighted by atomic mass is 9.94. The number of fused-ring (bicyclic) bond motifs is 3. The summed E-state index contributed by atoms with van der Waals surface area (Å²) in [6.45, 7) is 0. The summed E-state index contributed by atoms with van der Waals surface area (Å²) < 4.78 is 0. The van der Waals surface area contributed by atoms with Crippen LogP contribution in [0.4, 0.5) is 0 Å². The Kier molecular flexibility index (Phi) is 4.74. The lowest BCUT2D eigenvalue weighted by Gasteiger charge is -2.13. The molecule has 0 unspecified atom stereocenters. The molecule has 0 bridgehead atoms. The molecule has 1 aliphatic rings. The lowest BCUT2D eigenvalue weighted by Crippen LogP contribution is -1.98. The molecule has 0 atom stereocenters. The molecule has 0 aromatic heterocycles. The van der Waals surface area contributed by atoms with E-state index in [-0.39, 0.29) is 17.2 Å². The van der Waals surface area contributed by atoms with E-state index in [0.717, 1.165) is 33.4 Å². The maximum atomic E-state index is 10.1. The van der Waals surface area contributed by atoms with Crippen molar-refractivity contribution in [3.05, 3.63) is 69.8 Å². The molecular formula is C21H18O3S3. The number of phenolic OH excluding ortho intramolecular Hbond substituents is 3. The van der Waals surface area contributed by atoms with Crippen LogP contribution in [0.2, 0.25) is 0 Å². The molecule has 1 aliphatic carbocycles. The molecule has 3 N–H and O–H groups in total. The predicted octanol–water partition coefficient (Wildman–Crippen LogP) is 4.76. The molecule has 3 aromatic carbocycles. The second kappa shape index (κ2) is 6.93. The Balaban J connectivity index is 2.00. The molecule has 0 saturated heterocycles. The first-order chi connectivity index (χ1) is 12.8. The van der Waals surface area contributed by atoms with Crippen LogP contribution < -0.4 is 0 Å². The summed E-state index contributed by atoms with van der Waals surface area (Å²) in [6.07, 6.45) is 1.81. The van der Waals surface area contributed by atoms with Gasteiger partial charge in [-0.1, -0.05) is 0 Å². The van der Waals surface area contributed by atoms with E-state index in [1.54, 1.807) is 18.2 Å². The monoisotopic (exact) mass is 414 g/mol. The van der Waals surface area contributed by atoms with Crippen LogP contribution in [-0.2, 0) is 19.3 Å². The number of rotatable bonds is 0. The fraction of sp³-hybridized carbons (Fsp3) is 0.143. The third-order valence-electron chi connectivity index (χ3n) is 5.03. The van der Waals surface area contributed by atoms with Gasteiger partial charge in [0, 0.05) is 14.7 Å². The summed E-state index contributed by atoms with van der Waals surface area (Å²) in [5, 5.41) is 30.4. The highest BCUT2D eigenvalue weighted by Gasteiger charge is 2.19. The van der Waals surface area contributed by atoms with Crippen molar-refractivity contribution < 1.29 is 15.3 Å². The van der Waals surface area contributed by atoms with Crippen molar-refractivity contribution in [3.8, 4) is 17.2 Å². The number of thiol groups is 3. The summed E-state index contributed by atoms with van der Waals surface area (Å²) in [5.41, 5.74) is 6.04. The quantitative estimate of drug-likeness (QED) is 0.235. The maximum Gasteiger partial charge on any atom is 0.129 e. The van der Waals surface area contributed by atoms with E-state index < -0.39 is 0 Å². The molecule has 0 amide bonds. The van der Waals surface area contributed by atoms with Gasteiger partial charge in [0.2, 0.25) is 0 Å². The van der Waals surface area contributed by atoms with Crippen LogP contribution in [0.25, 0.3) is 0 Å². The highest BCUT2D eigenvalue weighted by molar-refractivity contribution is 7.80. The first-order valence-corrected chi connectivity index (χ1v) is 9.77. The minimum atomic E-state index is 0.136. The second-order valence-corrected chi connectivity index (χ2v) is 8.30. The zero-order valence-corrected chi connectivity index (χ0v) is 17.0. The highest BCUT2D eigenvalue weighted by Crippen LogP contribution is 2.37. The number of phenols is 3. The average molecular weight is 415 g/mol. The molecule has 0 aliphatic heterocycles. The lowest BCUT2D eigenvalue weighted by molar-refractivity contribution is 0.460. The van der Waals surface area contributed by atoms with Crippen LogP contribution in [0.3, 0.4) is 0 Å². The van der Waals surface area contributed by atoms with Gasteiger partial charge in [0.25, 0.3) is 0 Å². The van der Waals surface area contributed by atoms with Gasteiger partial charge in [-0.2, -0.15) is 0 Å². The molecule has 0 radical (unpaired) electrons. The van der Waals surface area contributed by atoms with Crippen molar-refractivity contribution in [1.29, 1.82) is 0 Å². The Morgan fingerprint density at radius 3 is 0.926 bits per heavy atom. The average Bonchev–Trinajstić information content (AvgIpc) is 2.65. The fourth-order valence-corrected chi connectivity index (χ4v) is 4.25. The van der Waals surface area contributed by atoms with Crippen LogP contribution in [0, 0.1) is 0 Å². The van der Waals surface area contributed by atoms with Crippen molar-refractivity contribution >= 4 is 37.9 Å². The summed E-state index contributed by atoms with van der Waals surface area (Å²) >= 11 is 13.1. The Bertz CT molecular complexity index is 859. The molecular weight excluding hydrogens is 396 g/mol. The topological polar surface area (TPSA) is 60.7 Å². The Morgan fingerprint density at radius 1 is 0.444 bits per heavy atom. The molecule has 27 heavy (non-hydrogen) atoms. The second-order valence-electron chi connectivity index (χ2n) is 6.86. The van der Waals surface area contributed by atoms with E-state index >= 15 is 0 Å². The Morgan fingerprint density at radius 2 is 0.667 bits per heavy atom. The number of benzene rings is 3. The summed E-state index contributed by atoms with van der Waals surface area (Å²) in [7, 11) is 0. The fourth-order valence-electron chi connectivity index (χ4n) is 3.59. The first kappa shape index (κ1) is 18.5. The SMILES string of the molecule is Oc1cc2c(cc1S)Cc1cc(O)c(S)cc1Cc1cc(O)c(S)cc1C2. The molecule has 0 fully saturated rings. The van der Waals surface area contributed by atoms with E-state index in [1.165, 1.54) is 0 Å². The van der Waals surface area contributed by atoms with Crippen molar-refractivity contribution in [3.63, 3.8) is 0 Å². The van der Waals surface area contributed by atoms with Crippen LogP contribution in [0.1, 0.15) is 33.4 Å². The third-order valence-corrected chi connectivity index (χ3v) is 6.11. The summed E-state index contributed by atoms with van der Waals surface area (Å²) in [4.78, 5) is 1.56. The molecule has 6 heteroatoms. The molecule has 3 aromatic rings. The van der Waals surface area contributed by atoms with Gasteiger partial charge >= 0.3 is 0 Å². The van der Waals surface area contributed by atoms with Crippen LogP contribution in [0.15, 0.2) is 51.1 Å². The van der Waals surface area contributed by atoms with Crippen molar-refractivity contribution in [2.45, 2.75) is 33.9 Å². The molecule has 0 heterocycles. The van der Waals surface area contributed by atoms with E-state index in [4.69, 9.17) is 0 Å². The van der Waals surface area contributed by atoms with E-state index in [9.17, 15) is 15.3 Å². The normalized spacial score (nSPS) is 13.0. The van der Waals surface area contributed by atoms with E-state index in [1.807, 2.05) is 18.2 Å². The number of hydrogen-bond donors (Lipinski definition) is 6. The van der Waals surface area contributed by atoms with Gasteiger partial charge in [0.15, 0.2) is 0 Å². The third kappa shape index (κ3) is 3.49. The molecule has 0 saturated carbocycles. The largest absolute Gasteiger partial charge is 0.507 e. The first-order valence-electron chi connectivity index (χ1n) is 8.43. The van der Waals surface area contributed by atoms with Gasteiger partial charge in [-0.05, 0) is 89.0 Å². The maximum absolute atomic E-state index is 10.1. The standard InChI is InChI=1S/C21H18O3S3/c22-16-4-10-1-13-7-19(25)17(23)5-11(13)2-15-9-21(27)18(24)6-12(15)3-14(10)8-20(16)26/h4-9,22-27H,1-3H2. The minimum Gasteiger partial charge on any atom is -0.507 e. The predicted molar refractivity (Wildman–Crippen MR) is 114 cm³/mol. The van der Waals surface area contributed by atoms with Crippen LogP contribution in [0.5, 0.6) is 17.2 Å². The van der Waals surface area contributed by atoms with Crippen LogP contribution >= 0.6 is 37.9 Å². The zero-order chi connectivity index (χ0) is 19.3. The Hall–Kier alpha value is -1.89. The van der Waals surface area contributed by atoms with E-state index in [0.29, 0.717) is 33.9 Å². The van der Waals surface area contributed by atoms with Gasteiger partial charge in [0.1, 0.15) is 17.2 Å². The Labute approximate surface area is 173 Å². The molecule has 3 nitrogen and oxygen atoms in total. The molecule has 0 spiro atoms. The van der Waals surface area contributed by atoms with Gasteiger partial charge in [-0.25, -0.2) is 0 Å². The van der Waals surface area contributed by atoms with Crippen LogP contribution in [-0.4, -0.2) is 15.3 Å². The number of hydrogen-bond acceptors (Lipinski definition) is 6. The minimum absolute atomic E-state index is 0.136. The smallest absolute Gasteiger partial charge is 0.129 e. The van der Waals surface area contributed by atoms with Crippen molar-refractivity contribution in [2.75, 3.05) is 0 Å². The summed E-state index contributed by atoms with van der Waals surface area (Å²) in [5.74, 6) is 0.407. The van der Waals surface area contributed by atoms with Crippen molar-refractivity contribution in [1.82, 2.24) is 0 Å². The zero-order valence-electron chi connectivity index (χ0n) is 14.3.